The van der Waals surface area contributed by atoms with E-state index in [-0.39, 0.29) is 5.78 Å². The average Bonchev–Trinajstić information content (AvgIpc) is 2.53. The predicted octanol–water partition coefficient (Wildman–Crippen LogP) is 2.60. The summed E-state index contributed by atoms with van der Waals surface area (Å²) in [4.78, 5) is 16.7. The Morgan fingerprint density at radius 1 is 1.29 bits per heavy atom. The third-order valence-electron chi connectivity index (χ3n) is 3.12. The molecule has 1 aromatic carbocycles. The van der Waals surface area contributed by atoms with Crippen molar-refractivity contribution < 1.29 is 9.53 Å². The Hall–Kier alpha value is -2.20. The van der Waals surface area contributed by atoms with E-state index < -0.39 is 0 Å². The maximum atomic E-state index is 12.6. The molecule has 21 heavy (non-hydrogen) atoms. The molecule has 0 spiro atoms. The van der Waals surface area contributed by atoms with Crippen LogP contribution < -0.4 is 10.5 Å². The molecular formula is C17H20N2O2. The molecule has 0 aliphatic heterocycles. The fraction of sp³-hybridized carbons (Fsp3) is 0.294. The second-order valence-electron chi connectivity index (χ2n) is 4.78. The van der Waals surface area contributed by atoms with Crippen LogP contribution in [0.5, 0.6) is 5.75 Å². The molecule has 2 N–H and O–H groups in total. The first-order valence-electron chi connectivity index (χ1n) is 7.16. The molecule has 0 saturated carbocycles. The van der Waals surface area contributed by atoms with Gasteiger partial charge in [0.15, 0.2) is 5.78 Å². The van der Waals surface area contributed by atoms with Crippen LogP contribution in [-0.2, 0) is 6.42 Å². The first kappa shape index (κ1) is 15.2. The zero-order valence-electron chi connectivity index (χ0n) is 12.2. The molecule has 4 nitrogen and oxygen atoms in total. The number of nitrogens with zero attached hydrogens (tertiary/aromatic N) is 1. The fourth-order valence-corrected chi connectivity index (χ4v) is 2.11. The molecule has 0 radical (unpaired) electrons. The van der Waals surface area contributed by atoms with Crippen LogP contribution in [0.3, 0.4) is 0 Å². The molecule has 110 valence electrons. The third kappa shape index (κ3) is 3.89. The summed E-state index contributed by atoms with van der Waals surface area (Å²) in [5.41, 5.74) is 7.78. The van der Waals surface area contributed by atoms with Crippen molar-refractivity contribution >= 4 is 5.78 Å². The van der Waals surface area contributed by atoms with Crippen molar-refractivity contribution in [1.82, 2.24) is 4.98 Å². The van der Waals surface area contributed by atoms with Crippen molar-refractivity contribution in [1.29, 1.82) is 0 Å². The van der Waals surface area contributed by atoms with Gasteiger partial charge in [-0.05, 0) is 31.0 Å². The summed E-state index contributed by atoms with van der Waals surface area (Å²) in [6.07, 6.45) is 4.79. The van der Waals surface area contributed by atoms with Crippen LogP contribution in [0.25, 0.3) is 0 Å². The Kier molecular flexibility index (Phi) is 5.46. The zero-order chi connectivity index (χ0) is 15.1. The number of carbonyl (C=O) groups is 1. The Morgan fingerprint density at radius 2 is 2.10 bits per heavy atom. The van der Waals surface area contributed by atoms with Crippen LogP contribution in [0.2, 0.25) is 0 Å². The average molecular weight is 284 g/mol. The lowest BCUT2D eigenvalue weighted by molar-refractivity contribution is 0.103. The molecule has 0 unspecified atom stereocenters. The van der Waals surface area contributed by atoms with Crippen LogP contribution >= 0.6 is 0 Å². The minimum absolute atomic E-state index is 0.0477. The highest BCUT2D eigenvalue weighted by Gasteiger charge is 2.14. The smallest absolute Gasteiger partial charge is 0.194 e. The summed E-state index contributed by atoms with van der Waals surface area (Å²) in [6, 6.07) is 9.28. The summed E-state index contributed by atoms with van der Waals surface area (Å²) in [5, 5.41) is 0. The molecule has 4 heteroatoms. The minimum Gasteiger partial charge on any atom is -0.492 e. The largest absolute Gasteiger partial charge is 0.492 e. The molecule has 0 amide bonds. The normalized spacial score (nSPS) is 10.4. The van der Waals surface area contributed by atoms with Gasteiger partial charge in [-0.1, -0.05) is 31.2 Å². The van der Waals surface area contributed by atoms with Crippen LogP contribution in [0, 0.1) is 0 Å². The van der Waals surface area contributed by atoms with Gasteiger partial charge in [-0.2, -0.15) is 0 Å². The van der Waals surface area contributed by atoms with Gasteiger partial charge < -0.3 is 10.5 Å². The Labute approximate surface area is 125 Å². The molecule has 0 saturated heterocycles. The topological polar surface area (TPSA) is 65.2 Å². The zero-order valence-corrected chi connectivity index (χ0v) is 12.2. The fourth-order valence-electron chi connectivity index (χ4n) is 2.11. The highest BCUT2D eigenvalue weighted by molar-refractivity contribution is 6.09. The van der Waals surface area contributed by atoms with Crippen molar-refractivity contribution in [2.75, 3.05) is 13.2 Å². The lowest BCUT2D eigenvalue weighted by Gasteiger charge is -2.09. The monoisotopic (exact) mass is 284 g/mol. The van der Waals surface area contributed by atoms with E-state index >= 15 is 0 Å². The van der Waals surface area contributed by atoms with E-state index in [9.17, 15) is 4.79 Å². The second-order valence-corrected chi connectivity index (χ2v) is 4.78. The van der Waals surface area contributed by atoms with Gasteiger partial charge in [0.2, 0.25) is 0 Å². The second kappa shape index (κ2) is 7.55. The van der Waals surface area contributed by atoms with Crippen molar-refractivity contribution in [3.63, 3.8) is 0 Å². The van der Waals surface area contributed by atoms with Crippen LogP contribution in [0.4, 0.5) is 0 Å². The number of benzene rings is 1. The molecule has 0 aliphatic carbocycles. The summed E-state index contributed by atoms with van der Waals surface area (Å²) >= 11 is 0. The van der Waals surface area contributed by atoms with Crippen LogP contribution in [-0.4, -0.2) is 23.9 Å². The highest BCUT2D eigenvalue weighted by atomic mass is 16.5. The van der Waals surface area contributed by atoms with Gasteiger partial charge >= 0.3 is 0 Å². The number of pyridine rings is 1. The summed E-state index contributed by atoms with van der Waals surface area (Å²) in [7, 11) is 0. The highest BCUT2D eigenvalue weighted by Crippen LogP contribution is 2.18. The molecule has 0 bridgehead atoms. The number of hydrogen-bond donors (Lipinski definition) is 1. The van der Waals surface area contributed by atoms with Crippen LogP contribution in [0.15, 0.2) is 42.7 Å². The maximum Gasteiger partial charge on any atom is 0.194 e. The molecule has 0 aliphatic rings. The van der Waals surface area contributed by atoms with Crippen molar-refractivity contribution in [3.8, 4) is 5.75 Å². The molecule has 1 heterocycles. The number of aromatic nitrogens is 1. The molecule has 2 rings (SSSR count). The predicted molar refractivity (Wildman–Crippen MR) is 82.7 cm³/mol. The van der Waals surface area contributed by atoms with Gasteiger partial charge in [-0.25, -0.2) is 0 Å². The van der Waals surface area contributed by atoms with Gasteiger partial charge in [-0.3, -0.25) is 9.78 Å². The van der Waals surface area contributed by atoms with Crippen molar-refractivity contribution in [3.05, 3.63) is 59.4 Å². The van der Waals surface area contributed by atoms with Gasteiger partial charge in [0.25, 0.3) is 0 Å². The Morgan fingerprint density at radius 3 is 2.86 bits per heavy atom. The van der Waals surface area contributed by atoms with Gasteiger partial charge in [0.1, 0.15) is 5.75 Å². The number of nitrogens with two attached hydrogens (primary N) is 1. The number of carbonyl (C=O) groups excluding carboxylic acids is 1. The van der Waals surface area contributed by atoms with E-state index in [2.05, 4.69) is 4.98 Å². The Balaban J connectivity index is 2.27. The molecule has 0 atom stereocenters. The minimum atomic E-state index is -0.0477. The van der Waals surface area contributed by atoms with E-state index in [4.69, 9.17) is 10.5 Å². The summed E-state index contributed by atoms with van der Waals surface area (Å²) in [5.74, 6) is 0.576. The van der Waals surface area contributed by atoms with E-state index in [0.717, 1.165) is 12.0 Å². The third-order valence-corrected chi connectivity index (χ3v) is 3.12. The SMILES string of the molecule is CCCOc1cncc(C(=O)c2ccccc2CCN)c1. The molecular weight excluding hydrogens is 264 g/mol. The first-order valence-corrected chi connectivity index (χ1v) is 7.16. The molecule has 2 aromatic rings. The van der Waals surface area contributed by atoms with E-state index in [0.29, 0.717) is 36.4 Å². The lowest BCUT2D eigenvalue weighted by atomic mass is 9.97. The van der Waals surface area contributed by atoms with E-state index in [1.54, 1.807) is 18.5 Å². The van der Waals surface area contributed by atoms with Gasteiger partial charge in [0.05, 0.1) is 12.8 Å². The summed E-state index contributed by atoms with van der Waals surface area (Å²) < 4.78 is 5.52. The standard InChI is InChI=1S/C17H20N2O2/c1-2-9-21-15-10-14(11-19-12-15)17(20)16-6-4-3-5-13(16)7-8-18/h3-6,10-12H,2,7-9,18H2,1H3. The van der Waals surface area contributed by atoms with E-state index in [1.807, 2.05) is 31.2 Å². The lowest BCUT2D eigenvalue weighted by Crippen LogP contribution is -2.10. The maximum absolute atomic E-state index is 12.6. The van der Waals surface area contributed by atoms with Crippen molar-refractivity contribution in [2.24, 2.45) is 5.73 Å². The number of rotatable bonds is 7. The number of ketones is 1. The first-order chi connectivity index (χ1) is 10.3. The number of hydrogen-bond acceptors (Lipinski definition) is 4. The van der Waals surface area contributed by atoms with Gasteiger partial charge in [0, 0.05) is 17.3 Å². The molecule has 1 aromatic heterocycles. The summed E-state index contributed by atoms with van der Waals surface area (Å²) in [6.45, 7) is 3.16. The van der Waals surface area contributed by atoms with Gasteiger partial charge in [-0.15, -0.1) is 0 Å². The molecule has 0 fully saturated rings. The quantitative estimate of drug-likeness (QED) is 0.794. The van der Waals surface area contributed by atoms with Crippen molar-refractivity contribution in [2.45, 2.75) is 19.8 Å². The Bertz CT molecular complexity index is 611. The van der Waals surface area contributed by atoms with Crippen LogP contribution in [0.1, 0.15) is 34.8 Å². The number of ether oxygens (including phenoxy) is 1. The van der Waals surface area contributed by atoms with E-state index in [1.165, 1.54) is 0 Å².